The van der Waals surface area contributed by atoms with Crippen LogP contribution in [0.1, 0.15) is 42.5 Å². The summed E-state index contributed by atoms with van der Waals surface area (Å²) >= 11 is 0. The van der Waals surface area contributed by atoms with Gasteiger partial charge in [0.05, 0.1) is 10.5 Å². The van der Waals surface area contributed by atoms with E-state index in [4.69, 9.17) is 0 Å². The third-order valence-electron chi connectivity index (χ3n) is 4.17. The number of hydrogen-bond donors (Lipinski definition) is 1. The Morgan fingerprint density at radius 2 is 1.78 bits per heavy atom. The highest BCUT2D eigenvalue weighted by molar-refractivity contribution is 7.90. The monoisotopic (exact) mass is 338 g/mol. The van der Waals surface area contributed by atoms with E-state index in [1.165, 1.54) is 31.7 Å². The number of amides is 1. The third kappa shape index (κ3) is 5.62. The van der Waals surface area contributed by atoms with Crippen LogP contribution < -0.4 is 5.32 Å². The van der Waals surface area contributed by atoms with Gasteiger partial charge in [-0.2, -0.15) is 0 Å². The molecule has 1 amide bonds. The summed E-state index contributed by atoms with van der Waals surface area (Å²) in [5, 5.41) is 2.84. The Balaban J connectivity index is 1.83. The van der Waals surface area contributed by atoms with E-state index in [0.717, 1.165) is 32.3 Å². The lowest BCUT2D eigenvalue weighted by molar-refractivity contribution is 0.0948. The maximum Gasteiger partial charge on any atom is 0.252 e. The number of sulfone groups is 1. The van der Waals surface area contributed by atoms with Crippen LogP contribution in [0.3, 0.4) is 0 Å². The molecule has 0 radical (unpaired) electrons. The molecule has 1 N–H and O–H groups in total. The predicted molar refractivity (Wildman–Crippen MR) is 91.4 cm³/mol. The minimum Gasteiger partial charge on any atom is -0.352 e. The molecular formula is C17H26N2O3S. The normalized spacial score (nSPS) is 16.7. The fourth-order valence-electron chi connectivity index (χ4n) is 2.94. The first kappa shape index (κ1) is 17.9. The maximum absolute atomic E-state index is 12.2. The molecule has 0 atom stereocenters. The van der Waals surface area contributed by atoms with Gasteiger partial charge in [-0.1, -0.05) is 25.0 Å². The first-order valence-electron chi connectivity index (χ1n) is 8.28. The first-order chi connectivity index (χ1) is 11.0. The largest absolute Gasteiger partial charge is 0.352 e. The van der Waals surface area contributed by atoms with Gasteiger partial charge in [0.2, 0.25) is 0 Å². The molecule has 1 fully saturated rings. The number of carbonyl (C=O) groups is 1. The van der Waals surface area contributed by atoms with E-state index < -0.39 is 9.84 Å². The Bertz CT molecular complexity index is 620. The smallest absolute Gasteiger partial charge is 0.252 e. The molecule has 6 heteroatoms. The Hall–Kier alpha value is -1.40. The van der Waals surface area contributed by atoms with Gasteiger partial charge < -0.3 is 10.2 Å². The van der Waals surface area contributed by atoms with Crippen molar-refractivity contribution in [2.75, 3.05) is 32.4 Å². The van der Waals surface area contributed by atoms with Gasteiger partial charge in [0.15, 0.2) is 9.84 Å². The van der Waals surface area contributed by atoms with Crippen molar-refractivity contribution in [1.29, 1.82) is 0 Å². The zero-order valence-electron chi connectivity index (χ0n) is 13.8. The fraction of sp³-hybridized carbons (Fsp3) is 0.588. The molecular weight excluding hydrogens is 312 g/mol. The number of likely N-dealkylation sites (tertiary alicyclic amines) is 1. The lowest BCUT2D eigenvalue weighted by Crippen LogP contribution is -2.31. The molecule has 1 aliphatic rings. The van der Waals surface area contributed by atoms with Crippen LogP contribution in [0.2, 0.25) is 0 Å². The number of nitrogens with zero attached hydrogens (tertiary/aromatic N) is 1. The Kier molecular flexibility index (Phi) is 6.59. The summed E-state index contributed by atoms with van der Waals surface area (Å²) in [7, 11) is -3.40. The van der Waals surface area contributed by atoms with E-state index in [2.05, 4.69) is 10.2 Å². The van der Waals surface area contributed by atoms with E-state index in [9.17, 15) is 13.2 Å². The van der Waals surface area contributed by atoms with Crippen LogP contribution in [0.4, 0.5) is 0 Å². The molecule has 0 bridgehead atoms. The van der Waals surface area contributed by atoms with Crippen LogP contribution in [-0.2, 0) is 9.84 Å². The number of hydrogen-bond acceptors (Lipinski definition) is 4. The second-order valence-electron chi connectivity index (χ2n) is 6.13. The lowest BCUT2D eigenvalue weighted by Gasteiger charge is -2.19. The zero-order valence-corrected chi connectivity index (χ0v) is 14.6. The molecule has 1 saturated heterocycles. The standard InChI is InChI=1S/C17H26N2O3S/c1-23(21,22)16-10-5-4-9-15(16)17(20)18-11-8-14-19-12-6-2-3-7-13-19/h4-5,9-10H,2-3,6-8,11-14H2,1H3,(H,18,20). The van der Waals surface area contributed by atoms with Gasteiger partial charge in [0.1, 0.15) is 0 Å². The first-order valence-corrected chi connectivity index (χ1v) is 10.2. The molecule has 1 aromatic rings. The Morgan fingerprint density at radius 1 is 1.13 bits per heavy atom. The molecule has 23 heavy (non-hydrogen) atoms. The molecule has 1 aliphatic heterocycles. The van der Waals surface area contributed by atoms with Gasteiger partial charge in [0.25, 0.3) is 5.91 Å². The summed E-state index contributed by atoms with van der Waals surface area (Å²) in [6.45, 7) is 3.83. The summed E-state index contributed by atoms with van der Waals surface area (Å²) in [6, 6.07) is 6.34. The molecule has 0 aromatic heterocycles. The average molecular weight is 338 g/mol. The van der Waals surface area contributed by atoms with Gasteiger partial charge in [-0.3, -0.25) is 4.79 Å². The van der Waals surface area contributed by atoms with E-state index in [1.807, 2.05) is 0 Å². The van der Waals surface area contributed by atoms with Gasteiger partial charge in [-0.25, -0.2) is 8.42 Å². The van der Waals surface area contributed by atoms with Crippen molar-refractivity contribution in [3.8, 4) is 0 Å². The average Bonchev–Trinajstić information content (AvgIpc) is 2.79. The van der Waals surface area contributed by atoms with E-state index >= 15 is 0 Å². The van der Waals surface area contributed by atoms with Crippen LogP contribution in [0.5, 0.6) is 0 Å². The van der Waals surface area contributed by atoms with Gasteiger partial charge >= 0.3 is 0 Å². The van der Waals surface area contributed by atoms with Crippen LogP contribution in [-0.4, -0.2) is 51.7 Å². The number of nitrogens with one attached hydrogen (secondary N) is 1. The Labute approximate surface area is 139 Å². The van der Waals surface area contributed by atoms with Crippen molar-refractivity contribution < 1.29 is 13.2 Å². The topological polar surface area (TPSA) is 66.5 Å². The fourth-order valence-corrected chi connectivity index (χ4v) is 3.82. The van der Waals surface area contributed by atoms with Crippen molar-refractivity contribution in [2.24, 2.45) is 0 Å². The summed E-state index contributed by atoms with van der Waals surface area (Å²) in [5.41, 5.74) is 0.227. The Morgan fingerprint density at radius 3 is 2.43 bits per heavy atom. The summed E-state index contributed by atoms with van der Waals surface area (Å²) in [6.07, 6.45) is 7.15. The molecule has 1 heterocycles. The van der Waals surface area contributed by atoms with E-state index in [1.54, 1.807) is 18.2 Å². The highest BCUT2D eigenvalue weighted by atomic mass is 32.2. The molecule has 1 aromatic carbocycles. The minimum atomic E-state index is -3.40. The van der Waals surface area contributed by atoms with E-state index in [-0.39, 0.29) is 16.4 Å². The van der Waals surface area contributed by atoms with Crippen LogP contribution in [0, 0.1) is 0 Å². The van der Waals surface area contributed by atoms with Crippen molar-refractivity contribution in [3.63, 3.8) is 0 Å². The quantitative estimate of drug-likeness (QED) is 0.807. The molecule has 0 saturated carbocycles. The summed E-state index contributed by atoms with van der Waals surface area (Å²) in [5.74, 6) is -0.318. The van der Waals surface area contributed by atoms with E-state index in [0.29, 0.717) is 6.54 Å². The molecule has 0 spiro atoms. The SMILES string of the molecule is CS(=O)(=O)c1ccccc1C(=O)NCCCN1CCCCCC1. The van der Waals surface area contributed by atoms with Crippen molar-refractivity contribution in [1.82, 2.24) is 10.2 Å². The zero-order chi connectivity index (χ0) is 16.7. The number of carbonyl (C=O) groups excluding carboxylic acids is 1. The highest BCUT2D eigenvalue weighted by Gasteiger charge is 2.17. The molecule has 2 rings (SSSR count). The van der Waals surface area contributed by atoms with Crippen molar-refractivity contribution in [3.05, 3.63) is 29.8 Å². The molecule has 0 aliphatic carbocycles. The number of benzene rings is 1. The van der Waals surface area contributed by atoms with Crippen LogP contribution in [0.25, 0.3) is 0 Å². The predicted octanol–water partition coefficient (Wildman–Crippen LogP) is 2.09. The van der Waals surface area contributed by atoms with Gasteiger partial charge in [0, 0.05) is 12.8 Å². The molecule has 0 unspecified atom stereocenters. The van der Waals surface area contributed by atoms with Crippen LogP contribution >= 0.6 is 0 Å². The summed E-state index contributed by atoms with van der Waals surface area (Å²) < 4.78 is 23.5. The highest BCUT2D eigenvalue weighted by Crippen LogP contribution is 2.15. The second kappa shape index (κ2) is 8.45. The van der Waals surface area contributed by atoms with Crippen molar-refractivity contribution in [2.45, 2.75) is 37.0 Å². The third-order valence-corrected chi connectivity index (χ3v) is 5.32. The van der Waals surface area contributed by atoms with Crippen LogP contribution in [0.15, 0.2) is 29.2 Å². The van der Waals surface area contributed by atoms with Gasteiger partial charge in [-0.05, 0) is 51.0 Å². The minimum absolute atomic E-state index is 0.0880. The summed E-state index contributed by atoms with van der Waals surface area (Å²) in [4.78, 5) is 14.8. The second-order valence-corrected chi connectivity index (χ2v) is 8.12. The molecule has 128 valence electrons. The maximum atomic E-state index is 12.2. The lowest BCUT2D eigenvalue weighted by atomic mass is 10.2. The molecule has 5 nitrogen and oxygen atoms in total. The van der Waals surface area contributed by atoms with Crippen molar-refractivity contribution >= 4 is 15.7 Å². The number of rotatable bonds is 6. The van der Waals surface area contributed by atoms with Gasteiger partial charge in [-0.15, -0.1) is 0 Å².